The molecule has 0 saturated carbocycles. The number of carbonyl (C=O) groups is 1. The van der Waals surface area contributed by atoms with E-state index in [0.29, 0.717) is 24.4 Å². The van der Waals surface area contributed by atoms with Crippen LogP contribution in [0.15, 0.2) is 59.1 Å². The number of hydrogen-bond acceptors (Lipinski definition) is 5. The van der Waals surface area contributed by atoms with E-state index in [0.717, 1.165) is 53.9 Å². The summed E-state index contributed by atoms with van der Waals surface area (Å²) in [5, 5.41) is 10.0. The Hall–Kier alpha value is -3.01. The zero-order valence-electron chi connectivity index (χ0n) is 25.1. The van der Waals surface area contributed by atoms with Crippen LogP contribution in [0.2, 0.25) is 0 Å². The van der Waals surface area contributed by atoms with E-state index in [4.69, 9.17) is 5.11 Å². The molecule has 1 fully saturated rings. The van der Waals surface area contributed by atoms with Crippen LogP contribution < -0.4 is 9.47 Å². The van der Waals surface area contributed by atoms with Gasteiger partial charge in [0.1, 0.15) is 11.7 Å². The maximum absolute atomic E-state index is 13.3. The first kappa shape index (κ1) is 30.4. The van der Waals surface area contributed by atoms with Gasteiger partial charge in [-0.05, 0) is 62.4 Å². The average Bonchev–Trinajstić information content (AvgIpc) is 3.38. The number of anilines is 1. The van der Waals surface area contributed by atoms with Gasteiger partial charge in [-0.2, -0.15) is 8.87 Å². The SMILES string of the molecule is Cc1ccc2c(c1)C(C)(C)/C(=C\C=C\c1sc3cc(S(=O)(=O)N4CCCCC4)ccc3[n+]1C)N2CCCCCC(=O)O. The lowest BCUT2D eigenvalue weighted by Crippen LogP contribution is -2.35. The lowest BCUT2D eigenvalue weighted by Gasteiger charge is -2.27. The number of piperidine rings is 1. The molecule has 0 aliphatic carbocycles. The van der Waals surface area contributed by atoms with Crippen LogP contribution >= 0.6 is 11.3 Å². The number of unbranched alkanes of at least 4 members (excludes halogenated alkanes) is 2. The maximum atomic E-state index is 13.3. The van der Waals surface area contributed by atoms with Gasteiger partial charge in [-0.15, -0.1) is 0 Å². The van der Waals surface area contributed by atoms with E-state index in [1.54, 1.807) is 21.7 Å². The van der Waals surface area contributed by atoms with E-state index in [9.17, 15) is 13.2 Å². The van der Waals surface area contributed by atoms with Crippen molar-refractivity contribution in [3.05, 3.63) is 70.4 Å². The van der Waals surface area contributed by atoms with E-state index in [2.05, 4.69) is 66.7 Å². The maximum Gasteiger partial charge on any atom is 0.303 e. The van der Waals surface area contributed by atoms with E-state index in [-0.39, 0.29) is 11.8 Å². The van der Waals surface area contributed by atoms with Crippen molar-refractivity contribution in [2.75, 3.05) is 24.5 Å². The molecule has 0 spiro atoms. The number of hydrogen-bond donors (Lipinski definition) is 1. The lowest BCUT2D eigenvalue weighted by atomic mass is 9.83. The van der Waals surface area contributed by atoms with Gasteiger partial charge in [0.2, 0.25) is 15.5 Å². The molecule has 2 aromatic carbocycles. The number of carboxylic acid groups (broad SMARTS) is 1. The molecular weight excluding hydrogens is 567 g/mol. The number of carboxylic acids is 1. The Morgan fingerprint density at radius 3 is 2.57 bits per heavy atom. The third-order valence-electron chi connectivity index (χ3n) is 8.60. The topological polar surface area (TPSA) is 81.8 Å². The van der Waals surface area contributed by atoms with E-state index in [1.165, 1.54) is 22.5 Å². The molecule has 3 aromatic rings. The number of thiazole rings is 1. The Morgan fingerprint density at radius 1 is 1.07 bits per heavy atom. The highest BCUT2D eigenvalue weighted by Crippen LogP contribution is 2.48. The number of rotatable bonds is 10. The number of sulfonamides is 1. The Kier molecular flexibility index (Phi) is 8.92. The predicted molar refractivity (Wildman–Crippen MR) is 170 cm³/mol. The Balaban J connectivity index is 1.41. The van der Waals surface area contributed by atoms with Crippen molar-refractivity contribution in [2.24, 2.45) is 7.05 Å². The van der Waals surface area contributed by atoms with Gasteiger partial charge in [0, 0.05) is 55.0 Å². The molecule has 224 valence electrons. The zero-order valence-corrected chi connectivity index (χ0v) is 26.7. The summed E-state index contributed by atoms with van der Waals surface area (Å²) in [5.41, 5.74) is 5.82. The van der Waals surface area contributed by atoms with Crippen molar-refractivity contribution < 1.29 is 22.9 Å². The molecule has 3 heterocycles. The molecule has 0 unspecified atom stereocenters. The summed E-state index contributed by atoms with van der Waals surface area (Å²) in [4.78, 5) is 13.7. The number of benzene rings is 2. The molecule has 5 rings (SSSR count). The molecule has 0 atom stereocenters. The van der Waals surface area contributed by atoms with Crippen molar-refractivity contribution in [1.29, 1.82) is 0 Å². The molecule has 42 heavy (non-hydrogen) atoms. The van der Waals surface area contributed by atoms with Crippen LogP contribution in [0.4, 0.5) is 5.69 Å². The number of aromatic nitrogens is 1. The smallest absolute Gasteiger partial charge is 0.303 e. The fourth-order valence-corrected chi connectivity index (χ4v) is 8.91. The summed E-state index contributed by atoms with van der Waals surface area (Å²) in [6.07, 6.45) is 12.0. The third-order valence-corrected chi connectivity index (χ3v) is 11.7. The number of fused-ring (bicyclic) bond motifs is 2. The summed E-state index contributed by atoms with van der Waals surface area (Å²) < 4.78 is 31.2. The number of allylic oxidation sites excluding steroid dienone is 3. The molecule has 1 N–H and O–H groups in total. The van der Waals surface area contributed by atoms with Gasteiger partial charge < -0.3 is 10.0 Å². The highest BCUT2D eigenvalue weighted by molar-refractivity contribution is 7.89. The highest BCUT2D eigenvalue weighted by Gasteiger charge is 2.39. The van der Waals surface area contributed by atoms with Gasteiger partial charge >= 0.3 is 5.97 Å². The number of nitrogens with zero attached hydrogens (tertiary/aromatic N) is 3. The first-order chi connectivity index (χ1) is 20.0. The molecule has 7 nitrogen and oxygen atoms in total. The summed E-state index contributed by atoms with van der Waals surface area (Å²) in [7, 11) is -1.46. The molecule has 0 radical (unpaired) electrons. The second-order valence-electron chi connectivity index (χ2n) is 12.0. The van der Waals surface area contributed by atoms with Crippen LogP contribution in [0.5, 0.6) is 0 Å². The Bertz CT molecular complexity index is 1650. The first-order valence-corrected chi connectivity index (χ1v) is 17.2. The van der Waals surface area contributed by atoms with E-state index in [1.807, 2.05) is 19.2 Å². The van der Waals surface area contributed by atoms with Gasteiger partial charge in [-0.3, -0.25) is 4.79 Å². The molecule has 1 saturated heterocycles. The van der Waals surface area contributed by atoms with Gasteiger partial charge in [0.05, 0.1) is 4.90 Å². The van der Waals surface area contributed by atoms with Crippen molar-refractivity contribution in [3.8, 4) is 0 Å². The van der Waals surface area contributed by atoms with E-state index < -0.39 is 16.0 Å². The summed E-state index contributed by atoms with van der Waals surface area (Å²) in [6.45, 7) is 8.68. The van der Waals surface area contributed by atoms with Crippen LogP contribution in [0.25, 0.3) is 16.3 Å². The van der Waals surface area contributed by atoms with Gasteiger partial charge in [0.25, 0.3) is 5.01 Å². The van der Waals surface area contributed by atoms with Gasteiger partial charge in [-0.1, -0.05) is 61.8 Å². The fourth-order valence-electron chi connectivity index (χ4n) is 6.19. The Morgan fingerprint density at radius 2 is 1.83 bits per heavy atom. The third kappa shape index (κ3) is 6.05. The quantitative estimate of drug-likeness (QED) is 0.209. The second-order valence-corrected chi connectivity index (χ2v) is 15.0. The molecule has 2 aliphatic heterocycles. The lowest BCUT2D eigenvalue weighted by molar-refractivity contribution is -0.642. The van der Waals surface area contributed by atoms with Crippen LogP contribution in [0.3, 0.4) is 0 Å². The highest BCUT2D eigenvalue weighted by atomic mass is 32.2. The molecule has 0 amide bonds. The minimum atomic E-state index is -3.48. The molecule has 2 aliphatic rings. The summed E-state index contributed by atoms with van der Waals surface area (Å²) in [5.74, 6) is -0.738. The molecule has 0 bridgehead atoms. The largest absolute Gasteiger partial charge is 0.481 e. The Labute approximate surface area is 253 Å². The minimum absolute atomic E-state index is 0.174. The predicted octanol–water partition coefficient (Wildman–Crippen LogP) is 6.55. The second kappa shape index (κ2) is 12.3. The summed E-state index contributed by atoms with van der Waals surface area (Å²) >= 11 is 1.60. The standard InChI is InChI=1S/C33H41N3O4S2/c1-24-15-17-27-26(22-24)33(2,3)30(36(27)21-10-5-7-14-32(37)38)12-11-13-31-34(4)28-18-16-25(23-29(28)41-31)42(39,40)35-19-8-6-9-20-35/h11-13,15-18,22-23H,5-10,14,19-21H2,1-4H3/p+1. The van der Waals surface area contributed by atoms with Crippen molar-refractivity contribution in [1.82, 2.24) is 4.31 Å². The van der Waals surface area contributed by atoms with Gasteiger partial charge in [0.15, 0.2) is 0 Å². The molecule has 1 aromatic heterocycles. The van der Waals surface area contributed by atoms with Crippen LogP contribution in [-0.4, -0.2) is 43.4 Å². The average molecular weight is 609 g/mol. The number of aryl methyl sites for hydroxylation is 2. The monoisotopic (exact) mass is 608 g/mol. The van der Waals surface area contributed by atoms with Crippen LogP contribution in [0, 0.1) is 6.92 Å². The molecular formula is C33H42N3O4S2+. The number of aliphatic carboxylic acids is 1. The van der Waals surface area contributed by atoms with Gasteiger partial charge in [-0.25, -0.2) is 8.42 Å². The minimum Gasteiger partial charge on any atom is -0.481 e. The first-order valence-electron chi connectivity index (χ1n) is 14.9. The van der Waals surface area contributed by atoms with E-state index >= 15 is 0 Å². The van der Waals surface area contributed by atoms with Crippen molar-refractivity contribution in [2.45, 2.75) is 76.0 Å². The van der Waals surface area contributed by atoms with Crippen LogP contribution in [0.1, 0.15) is 74.9 Å². The fraction of sp³-hybridized carbons (Fsp3) is 0.455. The molecule has 9 heteroatoms. The van der Waals surface area contributed by atoms with Crippen LogP contribution in [-0.2, 0) is 27.3 Å². The normalized spacial score (nSPS) is 18.4. The summed E-state index contributed by atoms with van der Waals surface area (Å²) in [6, 6.07) is 12.1. The van der Waals surface area contributed by atoms with Crippen molar-refractivity contribution in [3.63, 3.8) is 0 Å². The van der Waals surface area contributed by atoms with Crippen molar-refractivity contribution >= 4 is 49.3 Å². The zero-order chi connectivity index (χ0) is 30.1.